The average molecular weight is 288 g/mol. The van der Waals surface area contributed by atoms with Gasteiger partial charge in [0.1, 0.15) is 18.2 Å². The predicted molar refractivity (Wildman–Crippen MR) is 78.4 cm³/mol. The molecule has 0 aliphatic carbocycles. The van der Waals surface area contributed by atoms with Gasteiger partial charge in [0.05, 0.1) is 0 Å². The van der Waals surface area contributed by atoms with E-state index in [0.29, 0.717) is 13.2 Å². The third-order valence-electron chi connectivity index (χ3n) is 3.02. The van der Waals surface area contributed by atoms with E-state index in [4.69, 9.17) is 15.2 Å². The van der Waals surface area contributed by atoms with Gasteiger partial charge in [-0.3, -0.25) is 0 Å². The highest BCUT2D eigenvalue weighted by Crippen LogP contribution is 2.36. The van der Waals surface area contributed by atoms with E-state index in [0.717, 1.165) is 27.0 Å². The standard InChI is InChI=1S/C15H16N2O2S/c1-10(16)11-2-5-15(17-9-11)20-12-3-4-13-14(8-12)19-7-6-18-13/h2-5,8-10H,6-7,16H2,1H3. The van der Waals surface area contributed by atoms with Gasteiger partial charge >= 0.3 is 0 Å². The number of rotatable bonds is 3. The summed E-state index contributed by atoms with van der Waals surface area (Å²) in [7, 11) is 0. The molecule has 1 unspecified atom stereocenters. The van der Waals surface area contributed by atoms with Gasteiger partial charge in [-0.1, -0.05) is 17.8 Å². The molecular formula is C15H16N2O2S. The minimum absolute atomic E-state index is 0.0100. The lowest BCUT2D eigenvalue weighted by atomic mass is 10.2. The van der Waals surface area contributed by atoms with Crippen molar-refractivity contribution in [3.63, 3.8) is 0 Å². The number of hydrogen-bond acceptors (Lipinski definition) is 5. The smallest absolute Gasteiger partial charge is 0.162 e. The maximum Gasteiger partial charge on any atom is 0.162 e. The summed E-state index contributed by atoms with van der Waals surface area (Å²) in [6.07, 6.45) is 1.82. The third-order valence-corrected chi connectivity index (χ3v) is 3.96. The molecule has 4 nitrogen and oxygen atoms in total. The summed E-state index contributed by atoms with van der Waals surface area (Å²) >= 11 is 1.59. The highest BCUT2D eigenvalue weighted by Gasteiger charge is 2.12. The first kappa shape index (κ1) is 13.3. The largest absolute Gasteiger partial charge is 0.486 e. The summed E-state index contributed by atoms with van der Waals surface area (Å²) < 4.78 is 11.1. The number of aromatic nitrogens is 1. The van der Waals surface area contributed by atoms with E-state index in [1.54, 1.807) is 11.8 Å². The number of nitrogens with zero attached hydrogens (tertiary/aromatic N) is 1. The van der Waals surface area contributed by atoms with Crippen molar-refractivity contribution in [3.05, 3.63) is 42.1 Å². The van der Waals surface area contributed by atoms with Crippen molar-refractivity contribution in [3.8, 4) is 11.5 Å². The van der Waals surface area contributed by atoms with Crippen LogP contribution in [0.5, 0.6) is 11.5 Å². The van der Waals surface area contributed by atoms with Crippen LogP contribution in [0.15, 0.2) is 46.5 Å². The first-order valence-corrected chi connectivity index (χ1v) is 7.33. The van der Waals surface area contributed by atoms with E-state index >= 15 is 0 Å². The second kappa shape index (κ2) is 5.73. The zero-order chi connectivity index (χ0) is 13.9. The van der Waals surface area contributed by atoms with Gasteiger partial charge in [0.25, 0.3) is 0 Å². The van der Waals surface area contributed by atoms with E-state index in [-0.39, 0.29) is 6.04 Å². The second-order valence-electron chi connectivity index (χ2n) is 4.63. The molecule has 5 heteroatoms. The van der Waals surface area contributed by atoms with Crippen molar-refractivity contribution in [1.82, 2.24) is 4.98 Å². The highest BCUT2D eigenvalue weighted by atomic mass is 32.2. The summed E-state index contributed by atoms with van der Waals surface area (Å²) in [6, 6.07) is 9.95. The molecule has 0 fully saturated rings. The van der Waals surface area contributed by atoms with Gasteiger partial charge < -0.3 is 15.2 Å². The molecule has 0 amide bonds. The van der Waals surface area contributed by atoms with E-state index in [2.05, 4.69) is 4.98 Å². The second-order valence-corrected chi connectivity index (χ2v) is 5.72. The Morgan fingerprint density at radius 1 is 1.15 bits per heavy atom. The number of pyridine rings is 1. The number of benzene rings is 1. The SMILES string of the molecule is CC(N)c1ccc(Sc2ccc3c(c2)OCCO3)nc1. The molecule has 1 aliphatic heterocycles. The fourth-order valence-corrected chi connectivity index (χ4v) is 2.71. The Bertz CT molecular complexity index is 599. The molecule has 1 atom stereocenters. The van der Waals surface area contributed by atoms with E-state index in [1.807, 2.05) is 43.5 Å². The van der Waals surface area contributed by atoms with Gasteiger partial charge in [-0.05, 0) is 36.8 Å². The van der Waals surface area contributed by atoms with Gasteiger partial charge in [0.15, 0.2) is 11.5 Å². The van der Waals surface area contributed by atoms with Crippen LogP contribution in [0.4, 0.5) is 0 Å². The van der Waals surface area contributed by atoms with Crippen LogP contribution in [-0.4, -0.2) is 18.2 Å². The van der Waals surface area contributed by atoms with Gasteiger partial charge in [-0.15, -0.1) is 0 Å². The summed E-state index contributed by atoms with van der Waals surface area (Å²) in [4.78, 5) is 5.50. The molecule has 3 rings (SSSR count). The Kier molecular flexibility index (Phi) is 3.80. The molecule has 104 valence electrons. The molecule has 0 saturated carbocycles. The van der Waals surface area contributed by atoms with Crippen LogP contribution < -0.4 is 15.2 Å². The van der Waals surface area contributed by atoms with Crippen molar-refractivity contribution >= 4 is 11.8 Å². The van der Waals surface area contributed by atoms with Gasteiger partial charge in [-0.25, -0.2) is 4.98 Å². The quantitative estimate of drug-likeness (QED) is 0.940. The van der Waals surface area contributed by atoms with Crippen molar-refractivity contribution < 1.29 is 9.47 Å². The molecule has 0 radical (unpaired) electrons. The monoisotopic (exact) mass is 288 g/mol. The molecule has 2 aromatic rings. The fraction of sp³-hybridized carbons (Fsp3) is 0.267. The van der Waals surface area contributed by atoms with Gasteiger partial charge in [0, 0.05) is 17.1 Å². The molecule has 1 aromatic heterocycles. The summed E-state index contributed by atoms with van der Waals surface area (Å²) in [5.41, 5.74) is 6.85. The van der Waals surface area contributed by atoms with Crippen molar-refractivity contribution in [2.45, 2.75) is 22.9 Å². The Balaban J connectivity index is 1.77. The normalized spacial score (nSPS) is 14.9. The lowest BCUT2D eigenvalue weighted by Gasteiger charge is -2.18. The molecule has 2 N–H and O–H groups in total. The molecule has 20 heavy (non-hydrogen) atoms. The van der Waals surface area contributed by atoms with E-state index in [1.165, 1.54) is 0 Å². The number of hydrogen-bond donors (Lipinski definition) is 1. The lowest BCUT2D eigenvalue weighted by Crippen LogP contribution is -2.15. The Morgan fingerprint density at radius 3 is 2.65 bits per heavy atom. The minimum atomic E-state index is 0.0100. The van der Waals surface area contributed by atoms with Crippen LogP contribution in [0.25, 0.3) is 0 Å². The predicted octanol–water partition coefficient (Wildman–Crippen LogP) is 3.02. The third kappa shape index (κ3) is 2.89. The number of fused-ring (bicyclic) bond motifs is 1. The fourth-order valence-electron chi connectivity index (χ4n) is 1.93. The number of nitrogens with two attached hydrogens (primary N) is 1. The zero-order valence-corrected chi connectivity index (χ0v) is 12.0. The average Bonchev–Trinajstić information content (AvgIpc) is 2.48. The van der Waals surface area contributed by atoms with Crippen LogP contribution in [0, 0.1) is 0 Å². The van der Waals surface area contributed by atoms with Crippen molar-refractivity contribution in [2.75, 3.05) is 13.2 Å². The topological polar surface area (TPSA) is 57.4 Å². The minimum Gasteiger partial charge on any atom is -0.486 e. The van der Waals surface area contributed by atoms with Crippen LogP contribution in [0.3, 0.4) is 0 Å². The van der Waals surface area contributed by atoms with Gasteiger partial charge in [0.2, 0.25) is 0 Å². The molecule has 2 heterocycles. The van der Waals surface area contributed by atoms with Gasteiger partial charge in [-0.2, -0.15) is 0 Å². The number of ether oxygens (including phenoxy) is 2. The summed E-state index contributed by atoms with van der Waals surface area (Å²) in [5.74, 6) is 1.61. The maximum atomic E-state index is 5.82. The summed E-state index contributed by atoms with van der Waals surface area (Å²) in [6.45, 7) is 3.16. The molecule has 0 bridgehead atoms. The van der Waals surface area contributed by atoms with Crippen LogP contribution in [-0.2, 0) is 0 Å². The first-order chi connectivity index (χ1) is 9.72. The van der Waals surface area contributed by atoms with Crippen molar-refractivity contribution in [1.29, 1.82) is 0 Å². The van der Waals surface area contributed by atoms with Crippen molar-refractivity contribution in [2.24, 2.45) is 5.73 Å². The first-order valence-electron chi connectivity index (χ1n) is 6.51. The molecule has 0 spiro atoms. The van der Waals surface area contributed by atoms with E-state index in [9.17, 15) is 0 Å². The Labute approximate surface area is 122 Å². The van der Waals surface area contributed by atoms with Crippen LogP contribution in [0.2, 0.25) is 0 Å². The van der Waals surface area contributed by atoms with Crippen LogP contribution >= 0.6 is 11.8 Å². The zero-order valence-electron chi connectivity index (χ0n) is 11.2. The molecule has 1 aliphatic rings. The summed E-state index contributed by atoms with van der Waals surface area (Å²) in [5, 5.41) is 0.936. The highest BCUT2D eigenvalue weighted by molar-refractivity contribution is 7.99. The molecular weight excluding hydrogens is 272 g/mol. The maximum absolute atomic E-state index is 5.82. The molecule has 1 aromatic carbocycles. The van der Waals surface area contributed by atoms with Crippen LogP contribution in [0.1, 0.15) is 18.5 Å². The van der Waals surface area contributed by atoms with E-state index < -0.39 is 0 Å². The Hall–Kier alpha value is -1.72. The lowest BCUT2D eigenvalue weighted by molar-refractivity contribution is 0.171. The molecule has 0 saturated heterocycles. The Morgan fingerprint density at radius 2 is 1.95 bits per heavy atom.